The summed E-state index contributed by atoms with van der Waals surface area (Å²) in [5, 5.41) is 10.2. The highest BCUT2D eigenvalue weighted by molar-refractivity contribution is 5.86. The predicted molar refractivity (Wildman–Crippen MR) is 71.8 cm³/mol. The maximum atomic E-state index is 12.4. The normalized spacial score (nSPS) is 39.6. The van der Waals surface area contributed by atoms with Crippen LogP contribution in [0.15, 0.2) is 0 Å². The molecule has 0 bridgehead atoms. The highest BCUT2D eigenvalue weighted by Gasteiger charge is 2.62. The molecule has 1 N–H and O–H groups in total. The Labute approximate surface area is 119 Å². The molecule has 1 spiro atoms. The van der Waals surface area contributed by atoms with Crippen LogP contribution in [0, 0.1) is 5.92 Å². The second kappa shape index (κ2) is 5.02. The van der Waals surface area contributed by atoms with Crippen molar-refractivity contribution in [3.8, 4) is 0 Å². The van der Waals surface area contributed by atoms with Gasteiger partial charge in [-0.15, -0.1) is 0 Å². The molecule has 2 saturated heterocycles. The topological polar surface area (TPSA) is 66.8 Å². The minimum Gasteiger partial charge on any atom is -0.466 e. The Hall–Kier alpha value is -1.10. The highest BCUT2D eigenvalue weighted by Crippen LogP contribution is 2.54. The maximum Gasteiger partial charge on any atom is 0.307 e. The third-order valence-corrected chi connectivity index (χ3v) is 5.39. The number of hydrogen-bond acceptors (Lipinski definition) is 4. The van der Waals surface area contributed by atoms with Crippen LogP contribution in [0.3, 0.4) is 0 Å². The van der Waals surface area contributed by atoms with E-state index in [4.69, 9.17) is 4.74 Å². The fraction of sp³-hybridized carbons (Fsp3) is 0.867. The monoisotopic (exact) mass is 281 g/mol. The van der Waals surface area contributed by atoms with Gasteiger partial charge in [0, 0.05) is 17.5 Å². The lowest BCUT2D eigenvalue weighted by molar-refractivity contribution is -0.149. The van der Waals surface area contributed by atoms with Gasteiger partial charge in [0.2, 0.25) is 0 Å². The van der Waals surface area contributed by atoms with Crippen LogP contribution in [-0.2, 0) is 14.3 Å². The first-order valence-corrected chi connectivity index (χ1v) is 7.77. The number of ether oxygens (including phenoxy) is 1. The first-order valence-electron chi connectivity index (χ1n) is 7.77. The number of hydrogen-bond donors (Lipinski definition) is 1. The van der Waals surface area contributed by atoms with Crippen LogP contribution in [0.4, 0.5) is 0 Å². The Bertz CT molecular complexity index is 424. The van der Waals surface area contributed by atoms with Crippen molar-refractivity contribution in [1.29, 1.82) is 0 Å². The molecule has 4 atom stereocenters. The molecule has 0 unspecified atom stereocenters. The summed E-state index contributed by atoms with van der Waals surface area (Å²) < 4.78 is 5.02. The third kappa shape index (κ3) is 1.86. The van der Waals surface area contributed by atoms with Gasteiger partial charge in [0.05, 0.1) is 13.0 Å². The van der Waals surface area contributed by atoms with Crippen molar-refractivity contribution >= 4 is 11.9 Å². The van der Waals surface area contributed by atoms with Gasteiger partial charge in [0.25, 0.3) is 5.91 Å². The van der Waals surface area contributed by atoms with Crippen LogP contribution < -0.4 is 0 Å². The van der Waals surface area contributed by atoms with Gasteiger partial charge in [-0.3, -0.25) is 9.59 Å². The van der Waals surface area contributed by atoms with Crippen molar-refractivity contribution in [2.75, 3.05) is 6.61 Å². The zero-order valence-electron chi connectivity index (χ0n) is 12.0. The highest BCUT2D eigenvalue weighted by atomic mass is 16.5. The van der Waals surface area contributed by atoms with Crippen molar-refractivity contribution in [2.24, 2.45) is 5.92 Å². The minimum atomic E-state index is -0.861. The number of piperidine rings is 1. The second-order valence-corrected chi connectivity index (χ2v) is 6.31. The Morgan fingerprint density at radius 1 is 1.40 bits per heavy atom. The van der Waals surface area contributed by atoms with Crippen LogP contribution in [0.2, 0.25) is 0 Å². The maximum absolute atomic E-state index is 12.4. The lowest BCUT2D eigenvalue weighted by Gasteiger charge is -2.47. The van der Waals surface area contributed by atoms with Crippen molar-refractivity contribution in [3.05, 3.63) is 0 Å². The number of esters is 1. The smallest absolute Gasteiger partial charge is 0.307 e. The van der Waals surface area contributed by atoms with E-state index in [9.17, 15) is 14.7 Å². The fourth-order valence-electron chi connectivity index (χ4n) is 4.72. The Morgan fingerprint density at radius 3 is 2.80 bits per heavy atom. The number of aliphatic hydroxyl groups is 1. The molecule has 3 rings (SSSR count). The van der Waals surface area contributed by atoms with Crippen molar-refractivity contribution < 1.29 is 19.4 Å². The van der Waals surface area contributed by atoms with Gasteiger partial charge in [-0.25, -0.2) is 0 Å². The van der Waals surface area contributed by atoms with Crippen molar-refractivity contribution in [3.63, 3.8) is 0 Å². The zero-order valence-corrected chi connectivity index (χ0v) is 12.0. The number of nitrogens with zero attached hydrogens (tertiary/aromatic N) is 1. The summed E-state index contributed by atoms with van der Waals surface area (Å²) in [5.41, 5.74) is -0.175. The Morgan fingerprint density at radius 2 is 2.10 bits per heavy atom. The second-order valence-electron chi connectivity index (χ2n) is 6.31. The molecular weight excluding hydrogens is 258 g/mol. The van der Waals surface area contributed by atoms with E-state index in [1.807, 2.05) is 4.90 Å². The molecule has 0 radical (unpaired) electrons. The van der Waals surface area contributed by atoms with Crippen molar-refractivity contribution in [1.82, 2.24) is 4.90 Å². The Kier molecular flexibility index (Phi) is 3.48. The average Bonchev–Trinajstić information content (AvgIpc) is 2.89. The predicted octanol–water partition coefficient (Wildman–Crippen LogP) is 1.23. The molecule has 2 aliphatic heterocycles. The van der Waals surface area contributed by atoms with Crippen LogP contribution in [-0.4, -0.2) is 46.2 Å². The lowest BCUT2D eigenvalue weighted by Crippen LogP contribution is -2.55. The molecule has 5 nitrogen and oxygen atoms in total. The van der Waals surface area contributed by atoms with Gasteiger partial charge in [0.15, 0.2) is 0 Å². The van der Waals surface area contributed by atoms with E-state index in [0.29, 0.717) is 6.61 Å². The molecule has 5 heteroatoms. The molecule has 0 aromatic carbocycles. The zero-order chi connectivity index (χ0) is 14.3. The number of carbonyl (C=O) groups excluding carboxylic acids is 2. The van der Waals surface area contributed by atoms with Gasteiger partial charge in [-0.05, 0) is 39.0 Å². The van der Waals surface area contributed by atoms with E-state index in [0.717, 1.165) is 38.5 Å². The molecular formula is C15H23NO4. The molecule has 0 aromatic rings. The van der Waals surface area contributed by atoms with E-state index in [2.05, 4.69) is 0 Å². The van der Waals surface area contributed by atoms with Gasteiger partial charge in [0.1, 0.15) is 6.10 Å². The van der Waals surface area contributed by atoms with E-state index in [1.165, 1.54) is 0 Å². The largest absolute Gasteiger partial charge is 0.466 e. The number of rotatable bonds is 3. The third-order valence-electron chi connectivity index (χ3n) is 5.39. The first-order chi connectivity index (χ1) is 9.60. The fourth-order valence-corrected chi connectivity index (χ4v) is 4.72. The summed E-state index contributed by atoms with van der Waals surface area (Å²) in [5.74, 6) is -0.331. The molecule has 3 fully saturated rings. The molecule has 112 valence electrons. The van der Waals surface area contributed by atoms with Gasteiger partial charge >= 0.3 is 5.97 Å². The van der Waals surface area contributed by atoms with Crippen LogP contribution >= 0.6 is 0 Å². The number of aliphatic hydroxyl groups excluding tert-OH is 1. The summed E-state index contributed by atoms with van der Waals surface area (Å²) >= 11 is 0. The first kappa shape index (κ1) is 13.9. The number of carbonyl (C=O) groups is 2. The molecule has 2 heterocycles. The number of amides is 1. The summed E-state index contributed by atoms with van der Waals surface area (Å²) in [6.07, 6.45) is 5.20. The molecule has 1 amide bonds. The molecule has 1 aliphatic carbocycles. The minimum absolute atomic E-state index is 0.0694. The standard InChI is InChI=1S/C15H23NO4/c1-2-20-12(17)9-10-5-3-7-15-8-4-6-11(15)13(18)14(19)16(10)15/h10-11,13,18H,2-9H2,1H3/t10-,11+,13-,15+/m0/s1. The molecule has 3 aliphatic rings. The van der Waals surface area contributed by atoms with Gasteiger partial charge < -0.3 is 14.7 Å². The molecule has 0 aromatic heterocycles. The summed E-state index contributed by atoms with van der Waals surface area (Å²) in [4.78, 5) is 26.0. The summed E-state index contributed by atoms with van der Waals surface area (Å²) in [7, 11) is 0. The average molecular weight is 281 g/mol. The van der Waals surface area contributed by atoms with Crippen LogP contribution in [0.5, 0.6) is 0 Å². The van der Waals surface area contributed by atoms with Crippen LogP contribution in [0.1, 0.15) is 51.9 Å². The molecule has 20 heavy (non-hydrogen) atoms. The van der Waals surface area contributed by atoms with Gasteiger partial charge in [-0.1, -0.05) is 6.42 Å². The lowest BCUT2D eigenvalue weighted by atomic mass is 9.78. The molecule has 1 saturated carbocycles. The van der Waals surface area contributed by atoms with Crippen LogP contribution in [0.25, 0.3) is 0 Å². The summed E-state index contributed by atoms with van der Waals surface area (Å²) in [6, 6.07) is -0.0898. The summed E-state index contributed by atoms with van der Waals surface area (Å²) in [6.45, 7) is 2.16. The quantitative estimate of drug-likeness (QED) is 0.790. The Balaban J connectivity index is 1.84. The van der Waals surface area contributed by atoms with E-state index < -0.39 is 6.10 Å². The van der Waals surface area contributed by atoms with E-state index >= 15 is 0 Å². The van der Waals surface area contributed by atoms with E-state index in [-0.39, 0.29) is 35.8 Å². The van der Waals surface area contributed by atoms with Gasteiger partial charge in [-0.2, -0.15) is 0 Å². The van der Waals surface area contributed by atoms with E-state index in [1.54, 1.807) is 6.92 Å². The SMILES string of the molecule is CCOC(=O)C[C@@H]1CCC[C@@]23CCC[C@@H]2[C@H](O)C(=O)N13. The van der Waals surface area contributed by atoms with Crippen molar-refractivity contribution in [2.45, 2.75) is 69.6 Å².